The second-order valence-electron chi connectivity index (χ2n) is 5.13. The molecule has 3 heteroatoms. The van der Waals surface area contributed by atoms with E-state index in [1.807, 2.05) is 0 Å². The summed E-state index contributed by atoms with van der Waals surface area (Å²) in [4.78, 5) is 2.49. The van der Waals surface area contributed by atoms with Crippen molar-refractivity contribution in [3.63, 3.8) is 0 Å². The Kier molecular flexibility index (Phi) is 3.79. The average molecular weight is 297 g/mol. The van der Waals surface area contributed by atoms with Gasteiger partial charge in [0.25, 0.3) is 0 Å². The van der Waals surface area contributed by atoms with Gasteiger partial charge in [-0.15, -0.1) is 0 Å². The van der Waals surface area contributed by atoms with Crippen LogP contribution in [-0.4, -0.2) is 18.6 Å². The first-order valence-corrected chi connectivity index (χ1v) is 7.09. The maximum Gasteiger partial charge on any atom is 0.0409 e. The zero-order chi connectivity index (χ0) is 12.6. The maximum atomic E-state index is 6.14. The quantitative estimate of drug-likeness (QED) is 0.861. The third kappa shape index (κ3) is 2.36. The summed E-state index contributed by atoms with van der Waals surface area (Å²) in [5, 5.41) is 0. The fourth-order valence-corrected chi connectivity index (χ4v) is 3.00. The van der Waals surface area contributed by atoms with Crippen LogP contribution in [0.3, 0.4) is 0 Å². The van der Waals surface area contributed by atoms with Crippen molar-refractivity contribution in [2.75, 3.05) is 11.4 Å². The van der Waals surface area contributed by atoms with E-state index in [0.29, 0.717) is 18.0 Å². The van der Waals surface area contributed by atoms with Crippen molar-refractivity contribution in [3.8, 4) is 0 Å². The number of nitrogens with zero attached hydrogens (tertiary/aromatic N) is 1. The zero-order valence-electron chi connectivity index (χ0n) is 10.8. The van der Waals surface area contributed by atoms with Gasteiger partial charge in [0, 0.05) is 28.8 Å². The highest BCUT2D eigenvalue weighted by atomic mass is 79.9. The van der Waals surface area contributed by atoms with Crippen LogP contribution in [0.5, 0.6) is 0 Å². The molecule has 2 N–H and O–H groups in total. The molecule has 3 unspecified atom stereocenters. The number of halogens is 1. The Morgan fingerprint density at radius 1 is 1.35 bits per heavy atom. The van der Waals surface area contributed by atoms with E-state index in [0.717, 1.165) is 13.0 Å². The number of hydrogen-bond donors (Lipinski definition) is 1. The first-order valence-electron chi connectivity index (χ1n) is 6.29. The first-order chi connectivity index (χ1) is 8.02. The third-order valence-electron chi connectivity index (χ3n) is 4.18. The SMILES string of the molecule is Cc1c(Br)cccc1N1CCC(N)C(C)C1C. The van der Waals surface area contributed by atoms with Crippen LogP contribution in [0, 0.1) is 12.8 Å². The van der Waals surface area contributed by atoms with E-state index in [1.165, 1.54) is 15.7 Å². The summed E-state index contributed by atoms with van der Waals surface area (Å²) in [5.41, 5.74) is 8.80. The maximum absolute atomic E-state index is 6.14. The van der Waals surface area contributed by atoms with Gasteiger partial charge in [-0.1, -0.05) is 28.9 Å². The highest BCUT2D eigenvalue weighted by molar-refractivity contribution is 9.10. The van der Waals surface area contributed by atoms with Gasteiger partial charge in [-0.25, -0.2) is 0 Å². The number of nitrogens with two attached hydrogens (primary N) is 1. The van der Waals surface area contributed by atoms with Gasteiger partial charge in [-0.05, 0) is 43.9 Å². The standard InChI is InChI=1S/C14H21BrN2/c1-9-11(3)17(8-7-13(9)16)14-6-4-5-12(15)10(14)2/h4-6,9,11,13H,7-8,16H2,1-3H3. The molecule has 0 saturated carbocycles. The molecule has 0 aliphatic carbocycles. The Labute approximate surface area is 112 Å². The third-order valence-corrected chi connectivity index (χ3v) is 5.04. The van der Waals surface area contributed by atoms with Crippen molar-refractivity contribution in [2.24, 2.45) is 11.7 Å². The number of anilines is 1. The summed E-state index contributed by atoms with van der Waals surface area (Å²) in [5.74, 6) is 0.544. The fraction of sp³-hybridized carbons (Fsp3) is 0.571. The summed E-state index contributed by atoms with van der Waals surface area (Å²) >= 11 is 3.61. The van der Waals surface area contributed by atoms with Gasteiger partial charge >= 0.3 is 0 Å². The Morgan fingerprint density at radius 3 is 2.76 bits per heavy atom. The van der Waals surface area contributed by atoms with Gasteiger partial charge in [0.1, 0.15) is 0 Å². The number of rotatable bonds is 1. The first kappa shape index (κ1) is 12.9. The van der Waals surface area contributed by atoms with Gasteiger partial charge < -0.3 is 10.6 Å². The number of piperidine rings is 1. The molecule has 0 spiro atoms. The van der Waals surface area contributed by atoms with E-state index in [1.54, 1.807) is 0 Å². The van der Waals surface area contributed by atoms with Crippen LogP contribution in [0.15, 0.2) is 22.7 Å². The second-order valence-corrected chi connectivity index (χ2v) is 5.98. The Morgan fingerprint density at radius 2 is 2.06 bits per heavy atom. The van der Waals surface area contributed by atoms with Crippen molar-refractivity contribution >= 4 is 21.6 Å². The molecule has 2 rings (SSSR count). The summed E-state index contributed by atoms with van der Waals surface area (Å²) in [6, 6.07) is 7.27. The van der Waals surface area contributed by atoms with Gasteiger partial charge in [-0.3, -0.25) is 0 Å². The van der Waals surface area contributed by atoms with Gasteiger partial charge in [0.2, 0.25) is 0 Å². The minimum atomic E-state index is 0.341. The fourth-order valence-electron chi connectivity index (χ4n) is 2.64. The molecule has 0 amide bonds. The van der Waals surface area contributed by atoms with Crippen molar-refractivity contribution in [1.82, 2.24) is 0 Å². The van der Waals surface area contributed by atoms with Crippen LogP contribution >= 0.6 is 15.9 Å². The molecule has 17 heavy (non-hydrogen) atoms. The average Bonchev–Trinajstić information content (AvgIpc) is 2.31. The molecule has 1 aromatic rings. The summed E-state index contributed by atoms with van der Waals surface area (Å²) in [6.45, 7) is 7.77. The molecule has 1 aliphatic rings. The zero-order valence-corrected chi connectivity index (χ0v) is 12.4. The van der Waals surface area contributed by atoms with E-state index >= 15 is 0 Å². The summed E-state index contributed by atoms with van der Waals surface area (Å²) < 4.78 is 1.18. The van der Waals surface area contributed by atoms with Crippen LogP contribution in [0.2, 0.25) is 0 Å². The molecular formula is C14H21BrN2. The van der Waals surface area contributed by atoms with Crippen LogP contribution in [0.1, 0.15) is 25.8 Å². The highest BCUT2D eigenvalue weighted by Crippen LogP contribution is 2.33. The van der Waals surface area contributed by atoms with Crippen LogP contribution in [-0.2, 0) is 0 Å². The van der Waals surface area contributed by atoms with Crippen LogP contribution in [0.4, 0.5) is 5.69 Å². The normalized spacial score (nSPS) is 29.5. The van der Waals surface area contributed by atoms with Crippen LogP contribution in [0.25, 0.3) is 0 Å². The lowest BCUT2D eigenvalue weighted by Crippen LogP contribution is -2.52. The molecule has 1 aromatic carbocycles. The van der Waals surface area contributed by atoms with E-state index in [2.05, 4.69) is 59.8 Å². The van der Waals surface area contributed by atoms with E-state index in [-0.39, 0.29) is 0 Å². The topological polar surface area (TPSA) is 29.3 Å². The second kappa shape index (κ2) is 4.99. The van der Waals surface area contributed by atoms with Crippen molar-refractivity contribution in [1.29, 1.82) is 0 Å². The lowest BCUT2D eigenvalue weighted by molar-refractivity contribution is 0.315. The lowest BCUT2D eigenvalue weighted by atomic mass is 9.87. The smallest absolute Gasteiger partial charge is 0.0409 e. The van der Waals surface area contributed by atoms with E-state index in [9.17, 15) is 0 Å². The lowest BCUT2D eigenvalue weighted by Gasteiger charge is -2.43. The molecule has 1 saturated heterocycles. The number of hydrogen-bond acceptors (Lipinski definition) is 2. The molecule has 94 valence electrons. The van der Waals surface area contributed by atoms with Gasteiger partial charge in [0.05, 0.1) is 0 Å². The largest absolute Gasteiger partial charge is 0.368 e. The van der Waals surface area contributed by atoms with E-state index in [4.69, 9.17) is 5.73 Å². The van der Waals surface area contributed by atoms with Crippen LogP contribution < -0.4 is 10.6 Å². The minimum absolute atomic E-state index is 0.341. The predicted octanol–water partition coefficient (Wildman–Crippen LogP) is 3.32. The molecule has 0 aromatic heterocycles. The summed E-state index contributed by atoms with van der Waals surface area (Å²) in [7, 11) is 0. The molecule has 3 atom stereocenters. The van der Waals surface area contributed by atoms with Crippen molar-refractivity contribution in [2.45, 2.75) is 39.3 Å². The molecule has 1 heterocycles. The molecular weight excluding hydrogens is 276 g/mol. The van der Waals surface area contributed by atoms with E-state index < -0.39 is 0 Å². The molecule has 0 bridgehead atoms. The van der Waals surface area contributed by atoms with Gasteiger partial charge in [-0.2, -0.15) is 0 Å². The number of benzene rings is 1. The van der Waals surface area contributed by atoms with Gasteiger partial charge in [0.15, 0.2) is 0 Å². The Hall–Kier alpha value is -0.540. The highest BCUT2D eigenvalue weighted by Gasteiger charge is 2.30. The Balaban J connectivity index is 2.31. The van der Waals surface area contributed by atoms with Crippen molar-refractivity contribution < 1.29 is 0 Å². The predicted molar refractivity (Wildman–Crippen MR) is 77.4 cm³/mol. The minimum Gasteiger partial charge on any atom is -0.368 e. The van der Waals surface area contributed by atoms with Crippen molar-refractivity contribution in [3.05, 3.63) is 28.2 Å². The molecule has 2 nitrogen and oxygen atoms in total. The molecule has 1 aliphatic heterocycles. The monoisotopic (exact) mass is 296 g/mol. The summed E-state index contributed by atoms with van der Waals surface area (Å²) in [6.07, 6.45) is 1.08. The Bertz CT molecular complexity index is 405. The molecule has 0 radical (unpaired) electrons. The molecule has 1 fully saturated rings.